The number of hydrogen-bond acceptors (Lipinski definition) is 1. The number of nitrogen functional groups attached to an aromatic ring is 1. The molecule has 1 aromatic carbocycles. The zero-order chi connectivity index (χ0) is 10.8. The number of nitrogens with two attached hydrogens (primary N) is 1. The first-order valence-electron chi connectivity index (χ1n) is 4.47. The Bertz CT molecular complexity index is 396. The van der Waals surface area contributed by atoms with E-state index in [9.17, 15) is 0 Å². The van der Waals surface area contributed by atoms with Crippen LogP contribution in [0.3, 0.4) is 0 Å². The van der Waals surface area contributed by atoms with Gasteiger partial charge in [-0.2, -0.15) is 0 Å². The van der Waals surface area contributed by atoms with E-state index in [1.165, 1.54) is 0 Å². The van der Waals surface area contributed by atoms with Crippen molar-refractivity contribution in [2.75, 3.05) is 5.73 Å². The summed E-state index contributed by atoms with van der Waals surface area (Å²) in [5.74, 6) is 3.10. The standard InChI is InChI=1S/C11H14ClNSi/c1-14(2,3)7-6-9-4-5-10(13)8-11(9)12/h4-5,8H,13H2,1-3H3. The van der Waals surface area contributed by atoms with E-state index in [1.807, 2.05) is 12.1 Å². The van der Waals surface area contributed by atoms with Crippen LogP contribution < -0.4 is 5.73 Å². The second-order valence-electron chi connectivity index (χ2n) is 4.24. The maximum absolute atomic E-state index is 5.99. The number of rotatable bonds is 0. The minimum atomic E-state index is -1.33. The average molecular weight is 224 g/mol. The second kappa shape index (κ2) is 4.08. The van der Waals surface area contributed by atoms with Gasteiger partial charge in [0.05, 0.1) is 5.02 Å². The molecule has 1 rings (SSSR count). The number of benzene rings is 1. The van der Waals surface area contributed by atoms with Gasteiger partial charge in [0, 0.05) is 11.3 Å². The molecule has 0 aliphatic carbocycles. The van der Waals surface area contributed by atoms with Crippen molar-refractivity contribution in [2.45, 2.75) is 19.6 Å². The van der Waals surface area contributed by atoms with Crippen LogP contribution in [0.4, 0.5) is 5.69 Å². The first kappa shape index (κ1) is 11.2. The van der Waals surface area contributed by atoms with Gasteiger partial charge in [-0.1, -0.05) is 37.2 Å². The first-order chi connectivity index (χ1) is 6.38. The van der Waals surface area contributed by atoms with Gasteiger partial charge in [-0.25, -0.2) is 0 Å². The largest absolute Gasteiger partial charge is 0.399 e. The van der Waals surface area contributed by atoms with Crippen molar-refractivity contribution >= 4 is 25.4 Å². The molecule has 0 aliphatic rings. The molecule has 3 heteroatoms. The van der Waals surface area contributed by atoms with Crippen LogP contribution in [0, 0.1) is 11.5 Å². The van der Waals surface area contributed by atoms with Crippen LogP contribution in [-0.4, -0.2) is 8.07 Å². The Labute approximate surface area is 91.3 Å². The predicted octanol–water partition coefficient (Wildman–Crippen LogP) is 3.15. The van der Waals surface area contributed by atoms with Crippen molar-refractivity contribution in [3.05, 3.63) is 28.8 Å². The van der Waals surface area contributed by atoms with E-state index < -0.39 is 8.07 Å². The molecule has 0 saturated heterocycles. The maximum atomic E-state index is 5.99. The summed E-state index contributed by atoms with van der Waals surface area (Å²) in [5, 5.41) is 0.635. The van der Waals surface area contributed by atoms with E-state index in [0.717, 1.165) is 5.56 Å². The highest BCUT2D eigenvalue weighted by molar-refractivity contribution is 6.83. The van der Waals surface area contributed by atoms with Crippen LogP contribution in [0.1, 0.15) is 5.56 Å². The van der Waals surface area contributed by atoms with Crippen molar-refractivity contribution in [1.82, 2.24) is 0 Å². The number of anilines is 1. The fourth-order valence-corrected chi connectivity index (χ4v) is 1.63. The molecule has 0 aromatic heterocycles. The fraction of sp³-hybridized carbons (Fsp3) is 0.273. The molecule has 0 radical (unpaired) electrons. The second-order valence-corrected chi connectivity index (χ2v) is 9.40. The molecule has 0 spiro atoms. The molecular weight excluding hydrogens is 210 g/mol. The van der Waals surface area contributed by atoms with E-state index in [1.54, 1.807) is 6.07 Å². The fourth-order valence-electron chi connectivity index (χ4n) is 0.888. The molecule has 0 fully saturated rings. The Kier molecular flexibility index (Phi) is 3.25. The Morgan fingerprint density at radius 3 is 2.43 bits per heavy atom. The molecular formula is C11H14ClNSi. The lowest BCUT2D eigenvalue weighted by Crippen LogP contribution is -2.16. The summed E-state index contributed by atoms with van der Waals surface area (Å²) in [4.78, 5) is 0. The molecule has 1 aromatic rings. The van der Waals surface area contributed by atoms with Crippen molar-refractivity contribution in [2.24, 2.45) is 0 Å². The van der Waals surface area contributed by atoms with E-state index in [-0.39, 0.29) is 0 Å². The SMILES string of the molecule is C[Si](C)(C)C#Cc1ccc(N)cc1Cl. The van der Waals surface area contributed by atoms with Gasteiger partial charge in [-0.15, -0.1) is 5.54 Å². The average Bonchev–Trinajstić information content (AvgIpc) is 2.00. The third-order valence-electron chi connectivity index (χ3n) is 1.57. The maximum Gasteiger partial charge on any atom is 0.129 e. The van der Waals surface area contributed by atoms with Crippen LogP contribution in [0.25, 0.3) is 0 Å². The molecule has 0 aliphatic heterocycles. The zero-order valence-corrected chi connectivity index (χ0v) is 10.4. The van der Waals surface area contributed by atoms with Crippen LogP contribution >= 0.6 is 11.6 Å². The third kappa shape index (κ3) is 3.45. The number of halogens is 1. The molecule has 74 valence electrons. The lowest BCUT2D eigenvalue weighted by molar-refractivity contribution is 1.63. The minimum absolute atomic E-state index is 0.635. The first-order valence-corrected chi connectivity index (χ1v) is 8.34. The van der Waals surface area contributed by atoms with Gasteiger partial charge in [0.2, 0.25) is 0 Å². The van der Waals surface area contributed by atoms with E-state index in [4.69, 9.17) is 17.3 Å². The molecule has 0 bridgehead atoms. The lowest BCUT2D eigenvalue weighted by Gasteiger charge is -2.04. The minimum Gasteiger partial charge on any atom is -0.399 e. The molecule has 2 N–H and O–H groups in total. The summed E-state index contributed by atoms with van der Waals surface area (Å²) < 4.78 is 0. The summed E-state index contributed by atoms with van der Waals surface area (Å²) >= 11 is 5.99. The van der Waals surface area contributed by atoms with Gasteiger partial charge in [0.15, 0.2) is 0 Å². The monoisotopic (exact) mass is 223 g/mol. The van der Waals surface area contributed by atoms with E-state index in [2.05, 4.69) is 31.1 Å². The van der Waals surface area contributed by atoms with E-state index in [0.29, 0.717) is 10.7 Å². The van der Waals surface area contributed by atoms with Crippen molar-refractivity contribution in [3.63, 3.8) is 0 Å². The Morgan fingerprint density at radius 2 is 1.93 bits per heavy atom. The van der Waals surface area contributed by atoms with Crippen LogP contribution in [0.15, 0.2) is 18.2 Å². The van der Waals surface area contributed by atoms with Crippen LogP contribution in [0.2, 0.25) is 24.7 Å². The molecule has 0 saturated carbocycles. The van der Waals surface area contributed by atoms with Crippen LogP contribution in [-0.2, 0) is 0 Å². The normalized spacial score (nSPS) is 10.6. The summed E-state index contributed by atoms with van der Waals surface area (Å²) in [6.45, 7) is 6.60. The van der Waals surface area contributed by atoms with Gasteiger partial charge in [-0.05, 0) is 18.2 Å². The van der Waals surface area contributed by atoms with Gasteiger partial charge in [0.25, 0.3) is 0 Å². The molecule has 0 heterocycles. The van der Waals surface area contributed by atoms with Crippen molar-refractivity contribution in [1.29, 1.82) is 0 Å². The Morgan fingerprint density at radius 1 is 1.29 bits per heavy atom. The van der Waals surface area contributed by atoms with Crippen molar-refractivity contribution in [3.8, 4) is 11.5 Å². The van der Waals surface area contributed by atoms with Gasteiger partial charge >= 0.3 is 0 Å². The predicted molar refractivity (Wildman–Crippen MR) is 66.1 cm³/mol. The van der Waals surface area contributed by atoms with Gasteiger partial charge in [0.1, 0.15) is 8.07 Å². The molecule has 0 amide bonds. The number of hydrogen-bond donors (Lipinski definition) is 1. The smallest absolute Gasteiger partial charge is 0.129 e. The molecule has 1 nitrogen and oxygen atoms in total. The highest BCUT2D eigenvalue weighted by Gasteiger charge is 2.07. The van der Waals surface area contributed by atoms with Gasteiger partial charge in [-0.3, -0.25) is 0 Å². The lowest BCUT2D eigenvalue weighted by atomic mass is 10.2. The summed E-state index contributed by atoms with van der Waals surface area (Å²) in [6, 6.07) is 5.42. The molecule has 0 unspecified atom stereocenters. The molecule has 0 atom stereocenters. The third-order valence-corrected chi connectivity index (χ3v) is 2.75. The van der Waals surface area contributed by atoms with E-state index >= 15 is 0 Å². The summed E-state index contributed by atoms with van der Waals surface area (Å²) in [6.07, 6.45) is 0. The van der Waals surface area contributed by atoms with Crippen LogP contribution in [0.5, 0.6) is 0 Å². The Hall–Kier alpha value is -0.913. The topological polar surface area (TPSA) is 26.0 Å². The zero-order valence-electron chi connectivity index (χ0n) is 8.69. The molecule has 14 heavy (non-hydrogen) atoms. The highest BCUT2D eigenvalue weighted by atomic mass is 35.5. The summed E-state index contributed by atoms with van der Waals surface area (Å²) in [7, 11) is -1.33. The Balaban J connectivity index is 3.02. The van der Waals surface area contributed by atoms with Gasteiger partial charge < -0.3 is 5.73 Å². The summed E-state index contributed by atoms with van der Waals surface area (Å²) in [5.41, 5.74) is 10.4. The highest BCUT2D eigenvalue weighted by Crippen LogP contribution is 2.18. The quantitative estimate of drug-likeness (QED) is 0.408. The van der Waals surface area contributed by atoms with Crippen molar-refractivity contribution < 1.29 is 0 Å².